The molecule has 4 aliphatic rings. The van der Waals surface area contributed by atoms with Crippen LogP contribution in [0, 0.1) is 29.9 Å². The molecule has 3 atom stereocenters. The molecule has 7 nitrogen and oxygen atoms in total. The smallest absolute Gasteiger partial charge is 0.144 e. The summed E-state index contributed by atoms with van der Waals surface area (Å²) in [4.78, 5) is 12.4. The number of aryl methyl sites for hydroxylation is 1. The number of dihydropyridines is 1. The second kappa shape index (κ2) is 8.34. The SMILES string of the molecule is CC1=NC(N2CCC[C@@]3(CCOC3)C2)C(C)C2=C1N=C(c1c(F)cccc1F)Nc1c2n[nH]c1C. The molecule has 1 spiro atoms. The fourth-order valence-corrected chi connectivity index (χ4v) is 6.12. The summed E-state index contributed by atoms with van der Waals surface area (Å²) in [6.45, 7) is 9.56. The lowest BCUT2D eigenvalue weighted by molar-refractivity contribution is 0.0367. The van der Waals surface area contributed by atoms with E-state index in [1.165, 1.54) is 24.6 Å². The summed E-state index contributed by atoms with van der Waals surface area (Å²) in [5.74, 6) is -1.23. The number of aromatic amines is 1. The standard InChI is InChI=1S/C26H30F2N6O/c1-14-19-21(15(2)29-25(14)34-10-5-8-26(12-34)9-11-35-13-26)30-24(20-17(27)6-4-7-18(20)28)31-22-16(3)32-33-23(19)22/h4,6-7,14,25H,5,8-13H2,1-3H3,(H,30,31)(H,32,33)/t14?,25?,26-/m1/s1. The number of rotatable bonds is 2. The Balaban J connectivity index is 1.45. The lowest BCUT2D eigenvalue weighted by atomic mass is 9.78. The first kappa shape index (κ1) is 22.5. The van der Waals surface area contributed by atoms with Gasteiger partial charge in [0.25, 0.3) is 0 Å². The number of piperidine rings is 1. The molecule has 0 amide bonds. The number of likely N-dealkylation sites (tertiary alicyclic amines) is 1. The second-order valence-corrected chi connectivity index (χ2v) is 10.3. The molecule has 2 saturated heterocycles. The van der Waals surface area contributed by atoms with Crippen molar-refractivity contribution < 1.29 is 13.5 Å². The van der Waals surface area contributed by atoms with Gasteiger partial charge in [0.2, 0.25) is 0 Å². The van der Waals surface area contributed by atoms with Crippen LogP contribution in [0.1, 0.15) is 50.1 Å². The third-order valence-electron chi connectivity index (χ3n) is 7.95. The highest BCUT2D eigenvalue weighted by atomic mass is 19.1. The summed E-state index contributed by atoms with van der Waals surface area (Å²) in [6.07, 6.45) is 3.35. The van der Waals surface area contributed by atoms with Crippen LogP contribution in [-0.4, -0.2) is 59.1 Å². The molecule has 9 heteroatoms. The topological polar surface area (TPSA) is 77.9 Å². The third kappa shape index (κ3) is 3.63. The van der Waals surface area contributed by atoms with E-state index < -0.39 is 11.6 Å². The van der Waals surface area contributed by atoms with Crippen LogP contribution in [0.5, 0.6) is 0 Å². The second-order valence-electron chi connectivity index (χ2n) is 10.3. The molecular formula is C26H30F2N6O. The van der Waals surface area contributed by atoms with Crippen LogP contribution in [0.4, 0.5) is 14.5 Å². The number of hydrogen-bond donors (Lipinski definition) is 2. The first-order chi connectivity index (χ1) is 16.9. The molecule has 2 N–H and O–H groups in total. The largest absolute Gasteiger partial charge is 0.381 e. The molecule has 1 aromatic carbocycles. The maximum Gasteiger partial charge on any atom is 0.144 e. The van der Waals surface area contributed by atoms with Gasteiger partial charge in [-0.05, 0) is 45.2 Å². The minimum atomic E-state index is -0.670. The molecule has 2 unspecified atom stereocenters. The minimum absolute atomic E-state index is 0.0111. The molecule has 35 heavy (non-hydrogen) atoms. The van der Waals surface area contributed by atoms with Crippen molar-refractivity contribution >= 4 is 22.8 Å². The number of aromatic nitrogens is 2. The van der Waals surface area contributed by atoms with Crippen LogP contribution in [0.3, 0.4) is 0 Å². The Hall–Kier alpha value is -2.91. The summed E-state index contributed by atoms with van der Waals surface area (Å²) in [5, 5.41) is 10.8. The predicted molar refractivity (Wildman–Crippen MR) is 131 cm³/mol. The summed E-state index contributed by atoms with van der Waals surface area (Å²) in [6, 6.07) is 3.84. The number of nitrogens with one attached hydrogen (secondary N) is 2. The Morgan fingerprint density at radius 3 is 2.71 bits per heavy atom. The monoisotopic (exact) mass is 480 g/mol. The first-order valence-corrected chi connectivity index (χ1v) is 12.3. The zero-order chi connectivity index (χ0) is 24.3. The van der Waals surface area contributed by atoms with Gasteiger partial charge in [-0.1, -0.05) is 13.0 Å². The Morgan fingerprint density at radius 2 is 1.97 bits per heavy atom. The van der Waals surface area contributed by atoms with Crippen molar-refractivity contribution in [2.45, 2.75) is 46.2 Å². The zero-order valence-electron chi connectivity index (χ0n) is 20.3. The van der Waals surface area contributed by atoms with Crippen molar-refractivity contribution in [3.63, 3.8) is 0 Å². The summed E-state index contributed by atoms with van der Waals surface area (Å²) < 4.78 is 35.3. The fraction of sp³-hybridized carbons (Fsp3) is 0.500. The number of aliphatic imine (C=N–C) groups is 2. The van der Waals surface area contributed by atoms with E-state index in [4.69, 9.17) is 14.7 Å². The van der Waals surface area contributed by atoms with Crippen molar-refractivity contribution in [2.75, 3.05) is 31.6 Å². The molecular weight excluding hydrogens is 450 g/mol. The normalized spacial score (nSPS) is 28.8. The van der Waals surface area contributed by atoms with Crippen molar-refractivity contribution in [3.8, 4) is 0 Å². The summed E-state index contributed by atoms with van der Waals surface area (Å²) in [5.41, 5.74) is 4.55. The molecule has 0 aliphatic carbocycles. The van der Waals surface area contributed by atoms with E-state index in [2.05, 4.69) is 27.3 Å². The van der Waals surface area contributed by atoms with Gasteiger partial charge >= 0.3 is 0 Å². The van der Waals surface area contributed by atoms with E-state index in [1.54, 1.807) is 0 Å². The molecule has 0 bridgehead atoms. The number of H-pyrrole nitrogens is 1. The van der Waals surface area contributed by atoms with Crippen LogP contribution in [0.15, 0.2) is 33.9 Å². The van der Waals surface area contributed by atoms with E-state index in [1.807, 2.05) is 13.8 Å². The lowest BCUT2D eigenvalue weighted by Crippen LogP contribution is -2.51. The van der Waals surface area contributed by atoms with Gasteiger partial charge in [-0.3, -0.25) is 15.0 Å². The van der Waals surface area contributed by atoms with Gasteiger partial charge in [-0.2, -0.15) is 5.10 Å². The van der Waals surface area contributed by atoms with E-state index in [9.17, 15) is 8.78 Å². The van der Waals surface area contributed by atoms with Gasteiger partial charge in [0.05, 0.1) is 35.0 Å². The zero-order valence-corrected chi connectivity index (χ0v) is 20.3. The molecule has 2 aromatic rings. The first-order valence-electron chi connectivity index (χ1n) is 12.3. The van der Waals surface area contributed by atoms with Crippen LogP contribution in [0.25, 0.3) is 5.57 Å². The van der Waals surface area contributed by atoms with Gasteiger partial charge in [0.15, 0.2) is 0 Å². The summed E-state index contributed by atoms with van der Waals surface area (Å²) in [7, 11) is 0. The van der Waals surface area contributed by atoms with Gasteiger partial charge < -0.3 is 10.1 Å². The van der Waals surface area contributed by atoms with Crippen LogP contribution < -0.4 is 5.32 Å². The van der Waals surface area contributed by atoms with Crippen molar-refractivity contribution in [1.82, 2.24) is 15.1 Å². The van der Waals surface area contributed by atoms with Crippen molar-refractivity contribution in [3.05, 3.63) is 52.5 Å². The maximum atomic E-state index is 14.8. The van der Waals surface area contributed by atoms with Crippen molar-refractivity contribution in [1.29, 1.82) is 0 Å². The molecule has 6 rings (SSSR count). The number of allylic oxidation sites excluding steroid dienone is 1. The minimum Gasteiger partial charge on any atom is -0.381 e. The van der Waals surface area contributed by atoms with E-state index in [0.29, 0.717) is 11.4 Å². The number of nitrogens with zero attached hydrogens (tertiary/aromatic N) is 4. The molecule has 5 heterocycles. The number of anilines is 1. The lowest BCUT2D eigenvalue weighted by Gasteiger charge is -2.45. The molecule has 184 valence electrons. The van der Waals surface area contributed by atoms with Crippen molar-refractivity contribution in [2.24, 2.45) is 21.3 Å². The average molecular weight is 481 g/mol. The third-order valence-corrected chi connectivity index (χ3v) is 7.95. The summed E-state index contributed by atoms with van der Waals surface area (Å²) >= 11 is 0. The quantitative estimate of drug-likeness (QED) is 0.663. The average Bonchev–Trinajstić information content (AvgIpc) is 3.37. The van der Waals surface area contributed by atoms with Gasteiger partial charge in [0, 0.05) is 36.6 Å². The molecule has 4 aliphatic heterocycles. The van der Waals surface area contributed by atoms with E-state index >= 15 is 0 Å². The van der Waals surface area contributed by atoms with Crippen LogP contribution in [-0.2, 0) is 4.74 Å². The van der Waals surface area contributed by atoms with Gasteiger partial charge in [-0.25, -0.2) is 13.8 Å². The van der Waals surface area contributed by atoms with Crippen LogP contribution >= 0.6 is 0 Å². The highest BCUT2D eigenvalue weighted by Gasteiger charge is 2.44. The van der Waals surface area contributed by atoms with Gasteiger partial charge in [0.1, 0.15) is 29.3 Å². The molecule has 0 saturated carbocycles. The Bertz CT molecular complexity index is 1250. The highest BCUT2D eigenvalue weighted by Crippen LogP contribution is 2.44. The molecule has 2 fully saturated rings. The number of benzene rings is 1. The van der Waals surface area contributed by atoms with Gasteiger partial charge in [-0.15, -0.1) is 0 Å². The maximum absolute atomic E-state index is 14.8. The predicted octanol–water partition coefficient (Wildman–Crippen LogP) is 4.52. The Kier molecular flexibility index (Phi) is 5.37. The van der Waals surface area contributed by atoms with E-state index in [-0.39, 0.29) is 28.9 Å². The van der Waals surface area contributed by atoms with E-state index in [0.717, 1.165) is 61.8 Å². The Labute approximate surface area is 203 Å². The number of ether oxygens (including phenoxy) is 1. The number of amidine groups is 1. The molecule has 1 aromatic heterocycles. The number of halogens is 2. The Morgan fingerprint density at radius 1 is 1.17 bits per heavy atom. The number of hydrogen-bond acceptors (Lipinski definition) is 6. The van der Waals surface area contributed by atoms with Crippen LogP contribution in [0.2, 0.25) is 0 Å². The number of fused-ring (bicyclic) bond motifs is 2. The molecule has 0 radical (unpaired) electrons. The fourth-order valence-electron chi connectivity index (χ4n) is 6.12. The highest BCUT2D eigenvalue weighted by molar-refractivity contribution is 6.17.